The highest BCUT2D eigenvalue weighted by atomic mass is 16.5. The van der Waals surface area contributed by atoms with Gasteiger partial charge in [0.2, 0.25) is 11.6 Å². The summed E-state index contributed by atoms with van der Waals surface area (Å²) >= 11 is 0. The molecule has 20 heavy (non-hydrogen) atoms. The van der Waals surface area contributed by atoms with Crippen LogP contribution in [0, 0.1) is 5.41 Å². The van der Waals surface area contributed by atoms with Crippen LogP contribution in [0.3, 0.4) is 0 Å². The summed E-state index contributed by atoms with van der Waals surface area (Å²) < 4.78 is 5.07. The van der Waals surface area contributed by atoms with Crippen LogP contribution in [-0.4, -0.2) is 34.3 Å². The molecule has 1 rings (SSSR count). The highest BCUT2D eigenvalue weighted by Gasteiger charge is 2.43. The molecular weight excluding hydrogens is 260 g/mol. The molecule has 0 amide bonds. The molecule has 0 heterocycles. The molecule has 0 radical (unpaired) electrons. The van der Waals surface area contributed by atoms with E-state index in [4.69, 9.17) is 4.74 Å². The van der Waals surface area contributed by atoms with Gasteiger partial charge in [0.15, 0.2) is 0 Å². The first-order valence-electron chi connectivity index (χ1n) is 6.63. The molecule has 5 heteroatoms. The molecular formula is C15H22O5. The van der Waals surface area contributed by atoms with E-state index in [0.717, 1.165) is 0 Å². The monoisotopic (exact) mass is 282 g/mol. The first-order chi connectivity index (χ1) is 8.96. The summed E-state index contributed by atoms with van der Waals surface area (Å²) in [6, 6.07) is 0. The SMILES string of the molecule is CC(=O)OC1CC(=O)C(=O)C(C)=CC(C)(C)C(C)(O)C1. The van der Waals surface area contributed by atoms with E-state index in [0.29, 0.717) is 5.57 Å². The van der Waals surface area contributed by atoms with Crippen LogP contribution >= 0.6 is 0 Å². The minimum absolute atomic E-state index is 0.0996. The number of aliphatic hydroxyl groups is 1. The summed E-state index contributed by atoms with van der Waals surface area (Å²) in [5, 5.41) is 10.6. The molecule has 0 bridgehead atoms. The summed E-state index contributed by atoms with van der Waals surface area (Å²) in [6.45, 7) is 7.98. The molecule has 0 aromatic rings. The summed E-state index contributed by atoms with van der Waals surface area (Å²) in [6.07, 6.45) is 0.722. The molecule has 1 aliphatic rings. The molecule has 0 fully saturated rings. The average Bonchev–Trinajstić information content (AvgIpc) is 2.25. The van der Waals surface area contributed by atoms with Gasteiger partial charge in [0.05, 0.1) is 12.0 Å². The number of carbonyl (C=O) groups excluding carboxylic acids is 3. The van der Waals surface area contributed by atoms with Crippen molar-refractivity contribution >= 4 is 17.5 Å². The second-order valence-corrected chi connectivity index (χ2v) is 6.21. The van der Waals surface area contributed by atoms with Gasteiger partial charge in [-0.05, 0) is 19.4 Å². The fraction of sp³-hybridized carbons (Fsp3) is 0.667. The number of hydrogen-bond acceptors (Lipinski definition) is 5. The zero-order valence-electron chi connectivity index (χ0n) is 12.6. The molecule has 1 N–H and O–H groups in total. The lowest BCUT2D eigenvalue weighted by molar-refractivity contribution is -0.153. The van der Waals surface area contributed by atoms with Crippen LogP contribution in [0.4, 0.5) is 0 Å². The number of ketones is 2. The summed E-state index contributed by atoms with van der Waals surface area (Å²) in [7, 11) is 0. The van der Waals surface area contributed by atoms with E-state index in [1.807, 2.05) is 0 Å². The minimum atomic E-state index is -1.21. The maximum Gasteiger partial charge on any atom is 0.302 e. The summed E-state index contributed by atoms with van der Waals surface area (Å²) in [5.74, 6) is -1.72. The Bertz CT molecular complexity index is 471. The van der Waals surface area contributed by atoms with Crippen molar-refractivity contribution in [2.75, 3.05) is 0 Å². The maximum atomic E-state index is 11.9. The lowest BCUT2D eigenvalue weighted by atomic mass is 9.72. The van der Waals surface area contributed by atoms with Gasteiger partial charge in [0.1, 0.15) is 6.10 Å². The van der Waals surface area contributed by atoms with E-state index in [1.165, 1.54) is 6.92 Å². The average molecular weight is 282 g/mol. The van der Waals surface area contributed by atoms with Gasteiger partial charge in [0.25, 0.3) is 0 Å². The smallest absolute Gasteiger partial charge is 0.302 e. The van der Waals surface area contributed by atoms with Gasteiger partial charge in [-0.25, -0.2) is 0 Å². The van der Waals surface area contributed by atoms with Crippen molar-refractivity contribution in [1.29, 1.82) is 0 Å². The fourth-order valence-electron chi connectivity index (χ4n) is 2.38. The molecule has 2 unspecified atom stereocenters. The van der Waals surface area contributed by atoms with Crippen molar-refractivity contribution in [1.82, 2.24) is 0 Å². The topological polar surface area (TPSA) is 80.7 Å². The Kier molecular flexibility index (Phi) is 4.54. The number of Topliss-reactive ketones (excluding diaryl/α,β-unsaturated/α-hetero) is 2. The lowest BCUT2D eigenvalue weighted by Gasteiger charge is -2.39. The van der Waals surface area contributed by atoms with E-state index < -0.39 is 34.7 Å². The van der Waals surface area contributed by atoms with Gasteiger partial charge >= 0.3 is 5.97 Å². The third-order valence-electron chi connectivity index (χ3n) is 3.95. The summed E-state index contributed by atoms with van der Waals surface area (Å²) in [5.41, 5.74) is -1.63. The van der Waals surface area contributed by atoms with E-state index in [2.05, 4.69) is 0 Å². The van der Waals surface area contributed by atoms with Crippen LogP contribution in [0.2, 0.25) is 0 Å². The highest BCUT2D eigenvalue weighted by Crippen LogP contribution is 2.38. The van der Waals surface area contributed by atoms with Crippen LogP contribution in [-0.2, 0) is 19.1 Å². The molecule has 0 aromatic heterocycles. The Labute approximate surface area is 119 Å². The van der Waals surface area contributed by atoms with Crippen LogP contribution < -0.4 is 0 Å². The van der Waals surface area contributed by atoms with E-state index in [9.17, 15) is 19.5 Å². The summed E-state index contributed by atoms with van der Waals surface area (Å²) in [4.78, 5) is 34.9. The normalized spacial score (nSPS) is 30.9. The van der Waals surface area contributed by atoms with Gasteiger partial charge in [-0.15, -0.1) is 0 Å². The number of allylic oxidation sites excluding steroid dienone is 1. The van der Waals surface area contributed by atoms with Crippen LogP contribution in [0.1, 0.15) is 47.5 Å². The van der Waals surface area contributed by atoms with Crippen LogP contribution in [0.15, 0.2) is 11.6 Å². The molecule has 0 aliphatic heterocycles. The van der Waals surface area contributed by atoms with Crippen molar-refractivity contribution < 1.29 is 24.2 Å². The predicted octanol–water partition coefficient (Wildman–Crippen LogP) is 1.57. The largest absolute Gasteiger partial charge is 0.462 e. The standard InChI is InChI=1S/C15H22O5/c1-9-7-14(3,4)15(5,19)8-11(20-10(2)16)6-12(17)13(9)18/h7,11,19H,6,8H2,1-5H3. The third kappa shape index (κ3) is 3.54. The van der Waals surface area contributed by atoms with Crippen molar-refractivity contribution in [2.24, 2.45) is 5.41 Å². The second kappa shape index (κ2) is 5.48. The number of rotatable bonds is 1. The number of carbonyl (C=O) groups is 3. The number of ether oxygens (including phenoxy) is 1. The molecule has 2 atom stereocenters. The fourth-order valence-corrected chi connectivity index (χ4v) is 2.38. The van der Waals surface area contributed by atoms with Crippen LogP contribution in [0.5, 0.6) is 0 Å². The Morgan fingerprint density at radius 2 is 1.90 bits per heavy atom. The minimum Gasteiger partial charge on any atom is -0.462 e. The first-order valence-corrected chi connectivity index (χ1v) is 6.63. The van der Waals surface area contributed by atoms with Gasteiger partial charge in [0, 0.05) is 18.8 Å². The lowest BCUT2D eigenvalue weighted by Crippen LogP contribution is -2.44. The molecule has 0 aromatic carbocycles. The molecule has 0 spiro atoms. The maximum absolute atomic E-state index is 11.9. The molecule has 5 nitrogen and oxygen atoms in total. The van der Waals surface area contributed by atoms with Gasteiger partial charge in [-0.2, -0.15) is 0 Å². The van der Waals surface area contributed by atoms with E-state index in [-0.39, 0.29) is 12.8 Å². The van der Waals surface area contributed by atoms with Gasteiger partial charge in [-0.1, -0.05) is 19.9 Å². The zero-order valence-corrected chi connectivity index (χ0v) is 12.6. The Morgan fingerprint density at radius 1 is 1.35 bits per heavy atom. The van der Waals surface area contributed by atoms with Crippen molar-refractivity contribution in [3.8, 4) is 0 Å². The van der Waals surface area contributed by atoms with Gasteiger partial charge < -0.3 is 9.84 Å². The molecule has 0 saturated heterocycles. The number of hydrogen-bond donors (Lipinski definition) is 1. The van der Waals surface area contributed by atoms with Gasteiger partial charge in [-0.3, -0.25) is 14.4 Å². The Balaban J connectivity index is 3.23. The van der Waals surface area contributed by atoms with Crippen molar-refractivity contribution in [3.63, 3.8) is 0 Å². The molecule has 0 saturated carbocycles. The van der Waals surface area contributed by atoms with Crippen LogP contribution in [0.25, 0.3) is 0 Å². The second-order valence-electron chi connectivity index (χ2n) is 6.21. The third-order valence-corrected chi connectivity index (χ3v) is 3.95. The van der Waals surface area contributed by atoms with Crippen molar-refractivity contribution in [2.45, 2.75) is 59.2 Å². The molecule has 1 aliphatic carbocycles. The predicted molar refractivity (Wildman–Crippen MR) is 73.0 cm³/mol. The molecule has 112 valence electrons. The first kappa shape index (κ1) is 16.6. The zero-order chi connectivity index (χ0) is 15.7. The van der Waals surface area contributed by atoms with Crippen molar-refractivity contribution in [3.05, 3.63) is 11.6 Å². The van der Waals surface area contributed by atoms with E-state index >= 15 is 0 Å². The Hall–Kier alpha value is -1.49. The van der Waals surface area contributed by atoms with E-state index in [1.54, 1.807) is 33.8 Å². The quantitative estimate of drug-likeness (QED) is 0.583. The highest BCUT2D eigenvalue weighted by molar-refractivity contribution is 6.43. The number of esters is 1. The Morgan fingerprint density at radius 3 is 2.40 bits per heavy atom.